The molecule has 2 N–H and O–H groups in total. The third-order valence-electron chi connectivity index (χ3n) is 0.183. The van der Waals surface area contributed by atoms with Crippen molar-refractivity contribution in [3.63, 3.8) is 0 Å². The molecule has 8 heavy (non-hydrogen) atoms. The summed E-state index contributed by atoms with van der Waals surface area (Å²) in [7, 11) is 0. The Hall–Kier alpha value is 0.369. The summed E-state index contributed by atoms with van der Waals surface area (Å²) in [6, 6.07) is 0. The SMILES string of the molecule is O=C(O)C(=O)O.[Ti].[Ti]. The van der Waals surface area contributed by atoms with Crippen molar-refractivity contribution >= 4 is 11.9 Å². The van der Waals surface area contributed by atoms with Crippen LogP contribution in [0.25, 0.3) is 0 Å². The van der Waals surface area contributed by atoms with Gasteiger partial charge in [-0.25, -0.2) is 9.59 Å². The van der Waals surface area contributed by atoms with E-state index in [-0.39, 0.29) is 43.4 Å². The largest absolute Gasteiger partial charge is 0.473 e. The van der Waals surface area contributed by atoms with Crippen LogP contribution < -0.4 is 0 Å². The van der Waals surface area contributed by atoms with Crippen molar-refractivity contribution in [1.29, 1.82) is 0 Å². The predicted octanol–water partition coefficient (Wildman–Crippen LogP) is -0.849. The van der Waals surface area contributed by atoms with Crippen LogP contribution in [0.2, 0.25) is 0 Å². The molecule has 42 valence electrons. The van der Waals surface area contributed by atoms with Gasteiger partial charge in [-0.2, -0.15) is 0 Å². The monoisotopic (exact) mass is 186 g/mol. The standard InChI is InChI=1S/C2H2O4.2Ti/c3-1(4)2(5)6;;/h(H,3,4)(H,5,6);;. The average molecular weight is 186 g/mol. The van der Waals surface area contributed by atoms with Crippen LogP contribution in [0.4, 0.5) is 0 Å². The summed E-state index contributed by atoms with van der Waals surface area (Å²) in [5.74, 6) is -3.65. The van der Waals surface area contributed by atoms with E-state index in [9.17, 15) is 0 Å². The van der Waals surface area contributed by atoms with Gasteiger partial charge in [0.2, 0.25) is 0 Å². The number of carboxylic acids is 2. The van der Waals surface area contributed by atoms with Gasteiger partial charge < -0.3 is 10.2 Å². The quantitative estimate of drug-likeness (QED) is 0.381. The third kappa shape index (κ3) is 9.62. The first-order valence-electron chi connectivity index (χ1n) is 1.11. The van der Waals surface area contributed by atoms with Gasteiger partial charge in [-0.15, -0.1) is 0 Å². The van der Waals surface area contributed by atoms with Crippen LogP contribution in [0.1, 0.15) is 0 Å². The maximum absolute atomic E-state index is 9.10. The van der Waals surface area contributed by atoms with Crippen molar-refractivity contribution in [1.82, 2.24) is 0 Å². The van der Waals surface area contributed by atoms with Gasteiger partial charge in [-0.1, -0.05) is 0 Å². The molecule has 0 rings (SSSR count). The molecule has 6 heteroatoms. The Balaban J connectivity index is -0.000000125. The van der Waals surface area contributed by atoms with Gasteiger partial charge in [0, 0.05) is 43.4 Å². The summed E-state index contributed by atoms with van der Waals surface area (Å²) in [5.41, 5.74) is 0. The second kappa shape index (κ2) is 7.37. The maximum Gasteiger partial charge on any atom is 0.414 e. The molecule has 0 saturated heterocycles. The van der Waals surface area contributed by atoms with E-state index in [1.807, 2.05) is 0 Å². The third-order valence-corrected chi connectivity index (χ3v) is 0.183. The molecule has 0 aliphatic carbocycles. The molecule has 0 radical (unpaired) electrons. The van der Waals surface area contributed by atoms with Gasteiger partial charge in [0.05, 0.1) is 0 Å². The summed E-state index contributed by atoms with van der Waals surface area (Å²) < 4.78 is 0. The summed E-state index contributed by atoms with van der Waals surface area (Å²) >= 11 is 0. The number of carbonyl (C=O) groups is 2. The van der Waals surface area contributed by atoms with Crippen molar-refractivity contribution in [3.05, 3.63) is 0 Å². The van der Waals surface area contributed by atoms with Crippen LogP contribution in [0.15, 0.2) is 0 Å². The molecule has 0 aliphatic heterocycles. The zero-order valence-corrected chi connectivity index (χ0v) is 6.83. The molecule has 0 bridgehead atoms. The predicted molar refractivity (Wildman–Crippen MR) is 15.3 cm³/mol. The van der Waals surface area contributed by atoms with Crippen molar-refractivity contribution < 1.29 is 63.2 Å². The van der Waals surface area contributed by atoms with E-state index < -0.39 is 11.9 Å². The Morgan fingerprint density at radius 1 is 0.875 bits per heavy atom. The number of carboxylic acid groups (broad SMARTS) is 2. The van der Waals surface area contributed by atoms with E-state index >= 15 is 0 Å². The van der Waals surface area contributed by atoms with E-state index in [0.717, 1.165) is 0 Å². The minimum absolute atomic E-state index is 0. The van der Waals surface area contributed by atoms with Crippen molar-refractivity contribution in [2.45, 2.75) is 0 Å². The second-order valence-electron chi connectivity index (χ2n) is 0.610. The number of hydrogen-bond donors (Lipinski definition) is 2. The Kier molecular flexibility index (Phi) is 14.5. The molecular weight excluding hydrogens is 184 g/mol. The van der Waals surface area contributed by atoms with Gasteiger partial charge >= 0.3 is 11.9 Å². The minimum Gasteiger partial charge on any atom is -0.473 e. The number of aliphatic carboxylic acids is 2. The molecule has 0 heterocycles. The van der Waals surface area contributed by atoms with E-state index in [2.05, 4.69) is 0 Å². The smallest absolute Gasteiger partial charge is 0.414 e. The minimum atomic E-state index is -1.82. The Morgan fingerprint density at radius 3 is 1.00 bits per heavy atom. The normalized spacial score (nSPS) is 5.50. The zero-order chi connectivity index (χ0) is 5.15. The summed E-state index contributed by atoms with van der Waals surface area (Å²) in [6.45, 7) is 0. The van der Waals surface area contributed by atoms with E-state index in [0.29, 0.717) is 0 Å². The molecule has 0 aromatic rings. The molecule has 0 unspecified atom stereocenters. The molecule has 0 aromatic carbocycles. The molecular formula is C2H2O4Ti2. The van der Waals surface area contributed by atoms with Crippen LogP contribution in [0, 0.1) is 0 Å². The van der Waals surface area contributed by atoms with E-state index in [4.69, 9.17) is 19.8 Å². The van der Waals surface area contributed by atoms with Gasteiger partial charge in [0.15, 0.2) is 0 Å². The molecule has 0 atom stereocenters. The van der Waals surface area contributed by atoms with E-state index in [1.165, 1.54) is 0 Å². The molecule has 0 amide bonds. The molecule has 0 aromatic heterocycles. The summed E-state index contributed by atoms with van der Waals surface area (Å²) in [5, 5.41) is 14.8. The molecule has 4 nitrogen and oxygen atoms in total. The van der Waals surface area contributed by atoms with Crippen LogP contribution in [0.5, 0.6) is 0 Å². The molecule has 0 aliphatic rings. The van der Waals surface area contributed by atoms with Crippen molar-refractivity contribution in [2.75, 3.05) is 0 Å². The first kappa shape index (κ1) is 15.8. The fourth-order valence-electron chi connectivity index (χ4n) is 0. The van der Waals surface area contributed by atoms with Gasteiger partial charge in [0.25, 0.3) is 0 Å². The van der Waals surface area contributed by atoms with Gasteiger partial charge in [-0.05, 0) is 0 Å². The van der Waals surface area contributed by atoms with E-state index in [1.54, 1.807) is 0 Å². The topological polar surface area (TPSA) is 74.6 Å². The summed E-state index contributed by atoms with van der Waals surface area (Å²) in [4.78, 5) is 18.2. The molecule has 0 spiro atoms. The second-order valence-corrected chi connectivity index (χ2v) is 0.610. The first-order chi connectivity index (χ1) is 2.64. The van der Waals surface area contributed by atoms with Crippen LogP contribution >= 0.6 is 0 Å². The fraction of sp³-hybridized carbons (Fsp3) is 0. The molecule has 0 fully saturated rings. The average Bonchev–Trinajstić information content (AvgIpc) is 1.36. The summed E-state index contributed by atoms with van der Waals surface area (Å²) in [6.07, 6.45) is 0. The fourth-order valence-corrected chi connectivity index (χ4v) is 0. The Labute approximate surface area is 75.0 Å². The van der Waals surface area contributed by atoms with Gasteiger partial charge in [-0.3, -0.25) is 0 Å². The van der Waals surface area contributed by atoms with Crippen LogP contribution in [-0.2, 0) is 53.0 Å². The number of hydrogen-bond acceptors (Lipinski definition) is 2. The van der Waals surface area contributed by atoms with Crippen LogP contribution in [0.3, 0.4) is 0 Å². The van der Waals surface area contributed by atoms with Crippen LogP contribution in [-0.4, -0.2) is 22.2 Å². The maximum atomic E-state index is 9.10. The van der Waals surface area contributed by atoms with Gasteiger partial charge in [0.1, 0.15) is 0 Å². The van der Waals surface area contributed by atoms with Crippen molar-refractivity contribution in [3.8, 4) is 0 Å². The first-order valence-corrected chi connectivity index (χ1v) is 1.11. The Morgan fingerprint density at radius 2 is 1.00 bits per heavy atom. The zero-order valence-electron chi connectivity index (χ0n) is 3.71. The number of rotatable bonds is 0. The van der Waals surface area contributed by atoms with Crippen molar-refractivity contribution in [2.24, 2.45) is 0 Å². The Bertz CT molecular complexity index is 78.0. The molecule has 0 saturated carbocycles.